The van der Waals surface area contributed by atoms with Gasteiger partial charge in [-0.05, 0) is 40.5 Å². The highest BCUT2D eigenvalue weighted by Crippen LogP contribution is 2.32. The highest BCUT2D eigenvalue weighted by atomic mass is 16.5. The fraction of sp³-hybridized carbons (Fsp3) is 1.00. The van der Waals surface area contributed by atoms with Crippen LogP contribution in [0, 0.1) is 0 Å². The average Bonchev–Trinajstić information content (AvgIpc) is 2.37. The van der Waals surface area contributed by atoms with Gasteiger partial charge in [-0.1, -0.05) is 0 Å². The SMILES string of the molecule is CC(C)N1CCC(CN)(N2CCOC(C)(C)C2)CC1. The van der Waals surface area contributed by atoms with Crippen LogP contribution in [0.5, 0.6) is 0 Å². The minimum absolute atomic E-state index is 0.0321. The second-order valence-electron chi connectivity index (χ2n) is 7.09. The van der Waals surface area contributed by atoms with E-state index in [0.717, 1.165) is 26.2 Å². The molecule has 2 rings (SSSR count). The van der Waals surface area contributed by atoms with Crippen molar-refractivity contribution in [2.45, 2.75) is 57.7 Å². The third-order valence-electron chi connectivity index (χ3n) is 4.94. The summed E-state index contributed by atoms with van der Waals surface area (Å²) in [4.78, 5) is 5.17. The van der Waals surface area contributed by atoms with E-state index < -0.39 is 0 Å². The Morgan fingerprint density at radius 3 is 2.26 bits per heavy atom. The molecule has 2 N–H and O–H groups in total. The van der Waals surface area contributed by atoms with Crippen molar-refractivity contribution in [1.82, 2.24) is 9.80 Å². The van der Waals surface area contributed by atoms with Crippen molar-refractivity contribution in [3.8, 4) is 0 Å². The molecule has 4 nitrogen and oxygen atoms in total. The normalized spacial score (nSPS) is 28.7. The molecule has 2 heterocycles. The third-order valence-corrected chi connectivity index (χ3v) is 4.94. The zero-order valence-electron chi connectivity index (χ0n) is 13.1. The minimum Gasteiger partial charge on any atom is -0.373 e. The molecule has 0 saturated carbocycles. The lowest BCUT2D eigenvalue weighted by Crippen LogP contribution is -2.65. The molecule has 2 aliphatic heterocycles. The van der Waals surface area contributed by atoms with Crippen LogP contribution in [0.15, 0.2) is 0 Å². The number of morpholine rings is 1. The molecule has 112 valence electrons. The zero-order valence-corrected chi connectivity index (χ0v) is 13.1. The van der Waals surface area contributed by atoms with E-state index in [0.29, 0.717) is 6.04 Å². The van der Waals surface area contributed by atoms with E-state index in [9.17, 15) is 0 Å². The number of nitrogens with two attached hydrogens (primary N) is 1. The second-order valence-corrected chi connectivity index (χ2v) is 7.09. The van der Waals surface area contributed by atoms with E-state index in [2.05, 4.69) is 37.5 Å². The molecule has 0 aromatic rings. The molecule has 0 aliphatic carbocycles. The monoisotopic (exact) mass is 269 g/mol. The molecular weight excluding hydrogens is 238 g/mol. The van der Waals surface area contributed by atoms with Crippen LogP contribution in [0.1, 0.15) is 40.5 Å². The Morgan fingerprint density at radius 2 is 1.79 bits per heavy atom. The van der Waals surface area contributed by atoms with E-state index >= 15 is 0 Å². The van der Waals surface area contributed by atoms with Gasteiger partial charge < -0.3 is 15.4 Å². The van der Waals surface area contributed by atoms with Crippen molar-refractivity contribution in [2.75, 3.05) is 39.3 Å². The predicted octanol–water partition coefficient (Wildman–Crippen LogP) is 1.30. The van der Waals surface area contributed by atoms with Crippen molar-refractivity contribution < 1.29 is 4.74 Å². The summed E-state index contributed by atoms with van der Waals surface area (Å²) in [5.41, 5.74) is 6.35. The summed E-state index contributed by atoms with van der Waals surface area (Å²) >= 11 is 0. The van der Waals surface area contributed by atoms with E-state index in [1.165, 1.54) is 25.9 Å². The van der Waals surface area contributed by atoms with Crippen molar-refractivity contribution in [3.05, 3.63) is 0 Å². The molecule has 19 heavy (non-hydrogen) atoms. The fourth-order valence-electron chi connectivity index (χ4n) is 3.53. The number of likely N-dealkylation sites (tertiary alicyclic amines) is 1. The van der Waals surface area contributed by atoms with Gasteiger partial charge in [-0.25, -0.2) is 0 Å². The van der Waals surface area contributed by atoms with Crippen molar-refractivity contribution in [3.63, 3.8) is 0 Å². The molecule has 0 aromatic heterocycles. The van der Waals surface area contributed by atoms with Gasteiger partial charge in [0, 0.05) is 44.3 Å². The maximum Gasteiger partial charge on any atom is 0.0753 e. The van der Waals surface area contributed by atoms with Gasteiger partial charge in [0.15, 0.2) is 0 Å². The highest BCUT2D eigenvalue weighted by molar-refractivity contribution is 4.99. The summed E-state index contributed by atoms with van der Waals surface area (Å²) in [5.74, 6) is 0. The number of rotatable bonds is 3. The Bertz CT molecular complexity index is 296. The lowest BCUT2D eigenvalue weighted by atomic mass is 9.83. The smallest absolute Gasteiger partial charge is 0.0753 e. The maximum absolute atomic E-state index is 6.18. The Balaban J connectivity index is 2.03. The molecule has 2 fully saturated rings. The van der Waals surface area contributed by atoms with Crippen LogP contribution in [-0.4, -0.2) is 66.3 Å². The van der Waals surface area contributed by atoms with Gasteiger partial charge in [0.05, 0.1) is 12.2 Å². The molecular formula is C15H31N3O. The molecule has 0 bridgehead atoms. The van der Waals surface area contributed by atoms with Crippen LogP contribution in [-0.2, 0) is 4.74 Å². The molecule has 0 atom stereocenters. The Labute approximate surface area is 118 Å². The highest BCUT2D eigenvalue weighted by Gasteiger charge is 2.42. The predicted molar refractivity (Wildman–Crippen MR) is 79.3 cm³/mol. The first-order valence-electron chi connectivity index (χ1n) is 7.72. The quantitative estimate of drug-likeness (QED) is 0.838. The number of ether oxygens (including phenoxy) is 1. The molecule has 0 unspecified atom stereocenters. The summed E-state index contributed by atoms with van der Waals surface area (Å²) in [5, 5.41) is 0. The first-order chi connectivity index (χ1) is 8.88. The Kier molecular flexibility index (Phi) is 4.56. The number of piperidine rings is 1. The van der Waals surface area contributed by atoms with Crippen molar-refractivity contribution >= 4 is 0 Å². The van der Waals surface area contributed by atoms with Gasteiger partial charge in [-0.3, -0.25) is 4.90 Å². The van der Waals surface area contributed by atoms with Gasteiger partial charge in [-0.2, -0.15) is 0 Å². The summed E-state index contributed by atoms with van der Waals surface area (Å²) in [6.45, 7) is 14.9. The average molecular weight is 269 g/mol. The first-order valence-corrected chi connectivity index (χ1v) is 7.72. The van der Waals surface area contributed by atoms with Crippen LogP contribution in [0.4, 0.5) is 0 Å². The third kappa shape index (κ3) is 3.30. The van der Waals surface area contributed by atoms with E-state index in [4.69, 9.17) is 10.5 Å². The van der Waals surface area contributed by atoms with Crippen LogP contribution >= 0.6 is 0 Å². The number of hydrogen-bond acceptors (Lipinski definition) is 4. The summed E-state index contributed by atoms with van der Waals surface area (Å²) in [6, 6.07) is 0.650. The molecule has 4 heteroatoms. The summed E-state index contributed by atoms with van der Waals surface area (Å²) < 4.78 is 5.84. The lowest BCUT2D eigenvalue weighted by Gasteiger charge is -2.53. The van der Waals surface area contributed by atoms with Gasteiger partial charge in [0.2, 0.25) is 0 Å². The van der Waals surface area contributed by atoms with Gasteiger partial charge in [0.1, 0.15) is 0 Å². The Morgan fingerprint density at radius 1 is 1.16 bits per heavy atom. The number of hydrogen-bond donors (Lipinski definition) is 1. The lowest BCUT2D eigenvalue weighted by molar-refractivity contribution is -0.125. The van der Waals surface area contributed by atoms with Crippen molar-refractivity contribution in [2.24, 2.45) is 5.73 Å². The van der Waals surface area contributed by atoms with Crippen LogP contribution < -0.4 is 5.73 Å². The fourth-order valence-corrected chi connectivity index (χ4v) is 3.53. The van der Waals surface area contributed by atoms with Gasteiger partial charge >= 0.3 is 0 Å². The summed E-state index contributed by atoms with van der Waals surface area (Å²) in [6.07, 6.45) is 2.38. The van der Waals surface area contributed by atoms with Gasteiger partial charge in [-0.15, -0.1) is 0 Å². The molecule has 2 aliphatic rings. The number of nitrogens with zero attached hydrogens (tertiary/aromatic N) is 2. The summed E-state index contributed by atoms with van der Waals surface area (Å²) in [7, 11) is 0. The standard InChI is InChI=1S/C15H31N3O/c1-13(2)17-7-5-15(11-16,6-8-17)18-9-10-19-14(3,4)12-18/h13H,5-12,16H2,1-4H3. The largest absolute Gasteiger partial charge is 0.373 e. The Hall–Kier alpha value is -0.160. The van der Waals surface area contributed by atoms with E-state index in [1.54, 1.807) is 0 Å². The molecule has 2 saturated heterocycles. The van der Waals surface area contributed by atoms with Crippen molar-refractivity contribution in [1.29, 1.82) is 0 Å². The second kappa shape index (κ2) is 5.68. The zero-order chi connectivity index (χ0) is 14.1. The molecule has 0 amide bonds. The van der Waals surface area contributed by atoms with Gasteiger partial charge in [0.25, 0.3) is 0 Å². The topological polar surface area (TPSA) is 41.7 Å². The van der Waals surface area contributed by atoms with Crippen LogP contribution in [0.3, 0.4) is 0 Å². The molecule has 0 aromatic carbocycles. The van der Waals surface area contributed by atoms with Crippen LogP contribution in [0.2, 0.25) is 0 Å². The minimum atomic E-state index is -0.0321. The molecule has 0 radical (unpaired) electrons. The van der Waals surface area contributed by atoms with Crippen LogP contribution in [0.25, 0.3) is 0 Å². The molecule has 0 spiro atoms. The van der Waals surface area contributed by atoms with E-state index in [1.807, 2.05) is 0 Å². The maximum atomic E-state index is 6.18. The first kappa shape index (κ1) is 15.2. The van der Waals surface area contributed by atoms with E-state index in [-0.39, 0.29) is 11.1 Å².